The number of benzene rings is 1. The Morgan fingerprint density at radius 1 is 1.29 bits per heavy atom. The van der Waals surface area contributed by atoms with E-state index >= 15 is 0 Å². The van der Waals surface area contributed by atoms with Gasteiger partial charge in [0.15, 0.2) is 0 Å². The highest BCUT2D eigenvalue weighted by molar-refractivity contribution is 7.84. The Morgan fingerprint density at radius 3 is 2.89 bits per heavy atom. The molecule has 1 aromatic carbocycles. The van der Waals surface area contributed by atoms with Gasteiger partial charge in [-0.1, -0.05) is 24.3 Å². The summed E-state index contributed by atoms with van der Waals surface area (Å²) in [7, 11) is -4.09. The number of ketones is 1. The standard InChI is InChI=1S/C26H28N4O6S2/c27-38(33,34)36-11-15-7-17(9-21(15)31)30-25-19(10-28-14-29-25)23(32)22-8-16(12-37-22)24-18-3-1-2-4-20(18)26(5-6-26)13-35-24/h1-4,8,10,12,14-15,17,21,24,31H,5-7,9,11,13H2,(H2,27,33,34)(H,28,29,30)/t15-,17-,21+,24?/m1/s1. The SMILES string of the molecule is NS(=O)(=O)OC[C@H]1C[C@@H](Nc2ncncc2C(=O)c2cc(C3OCC4(CC4)c4ccccc43)cs2)C[C@@H]1O. The average Bonchev–Trinajstić information content (AvgIpc) is 3.34. The number of rotatable bonds is 8. The smallest absolute Gasteiger partial charge is 0.333 e. The molecule has 200 valence electrons. The molecule has 2 saturated carbocycles. The van der Waals surface area contributed by atoms with Crippen LogP contribution in [-0.4, -0.2) is 54.6 Å². The number of nitrogens with two attached hydrogens (primary N) is 1. The molecule has 1 aliphatic heterocycles. The van der Waals surface area contributed by atoms with E-state index in [4.69, 9.17) is 9.88 Å². The maximum atomic E-state index is 13.5. The Balaban J connectivity index is 1.18. The van der Waals surface area contributed by atoms with Gasteiger partial charge in [-0.25, -0.2) is 15.1 Å². The van der Waals surface area contributed by atoms with Crippen LogP contribution >= 0.6 is 11.3 Å². The van der Waals surface area contributed by atoms with E-state index in [1.807, 2.05) is 17.5 Å². The number of fused-ring (bicyclic) bond motifs is 2. The lowest BCUT2D eigenvalue weighted by molar-refractivity contribution is 0.0469. The first-order valence-electron chi connectivity index (χ1n) is 12.5. The highest BCUT2D eigenvalue weighted by Crippen LogP contribution is 2.55. The van der Waals surface area contributed by atoms with Crippen molar-refractivity contribution in [2.24, 2.45) is 11.1 Å². The van der Waals surface area contributed by atoms with Crippen molar-refractivity contribution in [1.29, 1.82) is 0 Å². The van der Waals surface area contributed by atoms with Crippen molar-refractivity contribution in [2.75, 3.05) is 18.5 Å². The zero-order valence-electron chi connectivity index (χ0n) is 20.4. The fraction of sp³-hybridized carbons (Fsp3) is 0.423. The molecule has 3 heterocycles. The summed E-state index contributed by atoms with van der Waals surface area (Å²) < 4.78 is 33.2. The van der Waals surface area contributed by atoms with Crippen LogP contribution in [0.25, 0.3) is 0 Å². The minimum Gasteiger partial charge on any atom is -0.393 e. The molecule has 4 atom stereocenters. The Labute approximate surface area is 224 Å². The summed E-state index contributed by atoms with van der Waals surface area (Å²) in [6.45, 7) is 0.476. The summed E-state index contributed by atoms with van der Waals surface area (Å²) in [6.07, 6.45) is 4.91. The van der Waals surface area contributed by atoms with Crippen LogP contribution < -0.4 is 10.5 Å². The summed E-state index contributed by atoms with van der Waals surface area (Å²) in [5.41, 5.74) is 3.94. The van der Waals surface area contributed by atoms with E-state index in [1.165, 1.54) is 35.0 Å². The molecule has 6 rings (SSSR count). The Kier molecular flexibility index (Phi) is 6.57. The molecule has 38 heavy (non-hydrogen) atoms. The molecule has 2 aliphatic carbocycles. The van der Waals surface area contributed by atoms with Gasteiger partial charge in [-0.3, -0.25) is 8.98 Å². The number of ether oxygens (including phenoxy) is 1. The fourth-order valence-corrected chi connectivity index (χ4v) is 6.83. The minimum atomic E-state index is -4.09. The molecular formula is C26H28N4O6S2. The van der Waals surface area contributed by atoms with Crippen LogP contribution in [0.5, 0.6) is 0 Å². The highest BCUT2D eigenvalue weighted by Gasteiger charge is 2.49. The summed E-state index contributed by atoms with van der Waals surface area (Å²) in [5, 5.41) is 20.5. The lowest BCUT2D eigenvalue weighted by atomic mass is 9.85. The van der Waals surface area contributed by atoms with Gasteiger partial charge in [0.25, 0.3) is 0 Å². The highest BCUT2D eigenvalue weighted by atomic mass is 32.2. The zero-order valence-corrected chi connectivity index (χ0v) is 22.1. The number of hydrogen-bond acceptors (Lipinski definition) is 10. The molecule has 12 heteroatoms. The Morgan fingerprint density at radius 2 is 2.11 bits per heavy atom. The molecular weight excluding hydrogens is 528 g/mol. The van der Waals surface area contributed by atoms with Crippen LogP contribution in [0.1, 0.15) is 63.7 Å². The summed E-state index contributed by atoms with van der Waals surface area (Å²) in [5.74, 6) is -0.264. The van der Waals surface area contributed by atoms with Gasteiger partial charge >= 0.3 is 10.3 Å². The van der Waals surface area contributed by atoms with E-state index in [0.29, 0.717) is 35.7 Å². The molecule has 1 unspecified atom stereocenters. The van der Waals surface area contributed by atoms with Gasteiger partial charge in [0.1, 0.15) is 18.2 Å². The number of carbonyl (C=O) groups is 1. The van der Waals surface area contributed by atoms with Gasteiger partial charge in [0, 0.05) is 23.6 Å². The zero-order chi connectivity index (χ0) is 26.5. The third-order valence-corrected chi connectivity index (χ3v) is 9.15. The number of thiophene rings is 1. The molecule has 0 amide bonds. The number of hydrogen-bond donors (Lipinski definition) is 3. The maximum Gasteiger partial charge on any atom is 0.333 e. The second kappa shape index (κ2) is 9.78. The third kappa shape index (κ3) is 4.99. The van der Waals surface area contributed by atoms with Crippen molar-refractivity contribution in [3.05, 3.63) is 75.4 Å². The van der Waals surface area contributed by atoms with Gasteiger partial charge in [0.2, 0.25) is 5.78 Å². The second-order valence-corrected chi connectivity index (χ2v) is 12.5. The van der Waals surface area contributed by atoms with Crippen LogP contribution in [0.4, 0.5) is 5.82 Å². The van der Waals surface area contributed by atoms with Crippen LogP contribution in [0, 0.1) is 5.92 Å². The van der Waals surface area contributed by atoms with Crippen LogP contribution in [0.15, 0.2) is 48.2 Å². The van der Waals surface area contributed by atoms with Crippen molar-refractivity contribution in [2.45, 2.75) is 49.3 Å². The number of aromatic nitrogens is 2. The van der Waals surface area contributed by atoms with Gasteiger partial charge in [0.05, 0.1) is 29.8 Å². The molecule has 3 aliphatic rings. The quantitative estimate of drug-likeness (QED) is 0.355. The van der Waals surface area contributed by atoms with Crippen molar-refractivity contribution < 1.29 is 27.2 Å². The number of carbonyl (C=O) groups excluding carboxylic acids is 1. The summed E-state index contributed by atoms with van der Waals surface area (Å²) in [4.78, 5) is 22.4. The number of aliphatic hydroxyl groups is 1. The predicted molar refractivity (Wildman–Crippen MR) is 140 cm³/mol. The van der Waals surface area contributed by atoms with E-state index in [9.17, 15) is 18.3 Å². The Hall–Kier alpha value is -2.74. The molecule has 0 radical (unpaired) electrons. The Bertz CT molecular complexity index is 1470. The predicted octanol–water partition coefficient (Wildman–Crippen LogP) is 2.69. The monoisotopic (exact) mass is 556 g/mol. The third-order valence-electron chi connectivity index (χ3n) is 7.74. The van der Waals surface area contributed by atoms with Crippen molar-refractivity contribution in [1.82, 2.24) is 9.97 Å². The van der Waals surface area contributed by atoms with Gasteiger partial charge in [-0.2, -0.15) is 8.42 Å². The van der Waals surface area contributed by atoms with E-state index < -0.39 is 22.3 Å². The molecule has 0 saturated heterocycles. The second-order valence-electron chi connectivity index (χ2n) is 10.3. The first-order valence-corrected chi connectivity index (χ1v) is 14.8. The fourth-order valence-electron chi connectivity index (χ4n) is 5.59. The topological polar surface area (TPSA) is 154 Å². The van der Waals surface area contributed by atoms with Gasteiger partial charge in [-0.15, -0.1) is 11.3 Å². The normalized spacial score (nSPS) is 25.7. The van der Waals surface area contributed by atoms with E-state index in [0.717, 1.165) is 18.4 Å². The van der Waals surface area contributed by atoms with Crippen molar-refractivity contribution in [3.8, 4) is 0 Å². The van der Waals surface area contributed by atoms with E-state index in [1.54, 1.807) is 0 Å². The molecule has 2 aromatic heterocycles. The van der Waals surface area contributed by atoms with E-state index in [2.05, 4.69) is 37.7 Å². The van der Waals surface area contributed by atoms with Gasteiger partial charge in [-0.05, 0) is 53.8 Å². The van der Waals surface area contributed by atoms with Crippen LogP contribution in [0.2, 0.25) is 0 Å². The minimum absolute atomic E-state index is 0.154. The largest absolute Gasteiger partial charge is 0.393 e. The summed E-state index contributed by atoms with van der Waals surface area (Å²) >= 11 is 1.36. The van der Waals surface area contributed by atoms with Gasteiger partial charge < -0.3 is 15.2 Å². The molecule has 0 bridgehead atoms. The average molecular weight is 557 g/mol. The van der Waals surface area contributed by atoms with E-state index in [-0.39, 0.29) is 30.0 Å². The number of nitrogens with one attached hydrogen (secondary N) is 1. The lowest BCUT2D eigenvalue weighted by Gasteiger charge is -2.32. The number of anilines is 1. The van der Waals surface area contributed by atoms with Crippen molar-refractivity contribution >= 4 is 33.2 Å². The van der Waals surface area contributed by atoms with Crippen molar-refractivity contribution in [3.63, 3.8) is 0 Å². The number of nitrogens with zero attached hydrogens (tertiary/aromatic N) is 2. The molecule has 10 nitrogen and oxygen atoms in total. The first-order chi connectivity index (χ1) is 18.2. The molecule has 4 N–H and O–H groups in total. The molecule has 1 spiro atoms. The van der Waals surface area contributed by atoms with Crippen LogP contribution in [0.3, 0.4) is 0 Å². The molecule has 2 fully saturated rings. The summed E-state index contributed by atoms with van der Waals surface area (Å²) in [6, 6.07) is 10.1. The maximum absolute atomic E-state index is 13.5. The number of aliphatic hydroxyl groups excluding tert-OH is 1. The van der Waals surface area contributed by atoms with Crippen LogP contribution in [-0.2, 0) is 24.6 Å². The molecule has 3 aromatic rings. The first kappa shape index (κ1) is 25.5. The lowest BCUT2D eigenvalue weighted by Crippen LogP contribution is -2.26.